The lowest BCUT2D eigenvalue weighted by atomic mass is 9.99. The summed E-state index contributed by atoms with van der Waals surface area (Å²) in [5, 5.41) is 8.73. The highest BCUT2D eigenvalue weighted by Crippen LogP contribution is 2.50. The number of rotatable bonds is 8. The summed E-state index contributed by atoms with van der Waals surface area (Å²) < 4.78 is 63.2. The van der Waals surface area contributed by atoms with Crippen LogP contribution in [0, 0.1) is 11.7 Å². The number of ether oxygens (including phenoxy) is 1. The number of allylic oxidation sites excluding steroid dienone is 5. The van der Waals surface area contributed by atoms with Crippen LogP contribution >= 0.6 is 11.3 Å². The minimum atomic E-state index is -3.24. The van der Waals surface area contributed by atoms with Gasteiger partial charge in [-0.05, 0) is 42.3 Å². The number of likely N-dealkylation sites (tertiary alicyclic amines) is 1. The number of halogens is 4. The van der Waals surface area contributed by atoms with Gasteiger partial charge in [0.25, 0.3) is 5.92 Å². The van der Waals surface area contributed by atoms with Crippen molar-refractivity contribution in [3.8, 4) is 16.2 Å². The molecule has 6 rings (SSSR count). The molecule has 2 aromatic heterocycles. The number of nitrogens with one attached hydrogen (secondary N) is 1. The third kappa shape index (κ3) is 5.13. The second-order valence-corrected chi connectivity index (χ2v) is 11.3. The standard InChI is InChI=1S/C30H27F4N3OS/c1-30(33,34)25-13-20(32)6-9-22(25)29-27(23-10-11-26-24(15-35-36-26)28(23)39-29)38-21-7-4-18(5-8-21)3-2-12-37-16-19(14-31)17-37/h2-4,6-7,9-11,13,15,19H,5,8,12,14,16-17H2,1H3,(H,35,36)/b3-2+. The number of hydrogen-bond acceptors (Lipinski definition) is 4. The molecule has 1 saturated heterocycles. The predicted octanol–water partition coefficient (Wildman–Crippen LogP) is 8.14. The molecular weight excluding hydrogens is 526 g/mol. The Morgan fingerprint density at radius 1 is 1.15 bits per heavy atom. The largest absolute Gasteiger partial charge is 0.460 e. The summed E-state index contributed by atoms with van der Waals surface area (Å²) in [7, 11) is 0. The van der Waals surface area contributed by atoms with Crippen LogP contribution in [0.5, 0.6) is 5.75 Å². The predicted molar refractivity (Wildman–Crippen MR) is 148 cm³/mol. The summed E-state index contributed by atoms with van der Waals surface area (Å²) in [5.41, 5.74) is 1.85. The van der Waals surface area contributed by atoms with Crippen LogP contribution in [0.1, 0.15) is 25.3 Å². The lowest BCUT2D eigenvalue weighted by Crippen LogP contribution is -2.47. The van der Waals surface area contributed by atoms with Gasteiger partial charge in [-0.15, -0.1) is 11.3 Å². The normalized spacial score (nSPS) is 17.2. The summed E-state index contributed by atoms with van der Waals surface area (Å²) >= 11 is 1.34. The van der Waals surface area contributed by atoms with E-state index in [0.717, 1.165) is 71.4 Å². The van der Waals surface area contributed by atoms with E-state index in [2.05, 4.69) is 27.2 Å². The van der Waals surface area contributed by atoms with Gasteiger partial charge in [0.1, 0.15) is 11.6 Å². The van der Waals surface area contributed by atoms with Gasteiger partial charge >= 0.3 is 0 Å². The monoisotopic (exact) mass is 553 g/mol. The van der Waals surface area contributed by atoms with Gasteiger partial charge in [-0.1, -0.05) is 24.3 Å². The number of thiophene rings is 1. The van der Waals surface area contributed by atoms with Crippen molar-refractivity contribution in [1.82, 2.24) is 15.1 Å². The molecule has 2 aromatic carbocycles. The van der Waals surface area contributed by atoms with E-state index in [0.29, 0.717) is 17.0 Å². The Kier molecular flexibility index (Phi) is 6.81. The van der Waals surface area contributed by atoms with E-state index in [4.69, 9.17) is 4.74 Å². The third-order valence-electron chi connectivity index (χ3n) is 7.25. The molecule has 1 fully saturated rings. The number of H-pyrrole nitrogens is 1. The van der Waals surface area contributed by atoms with Gasteiger partial charge in [-0.25, -0.2) is 13.2 Å². The number of nitrogens with zero attached hydrogens (tertiary/aromatic N) is 2. The summed E-state index contributed by atoms with van der Waals surface area (Å²) in [6, 6.07) is 7.29. The van der Waals surface area contributed by atoms with Crippen molar-refractivity contribution in [3.05, 3.63) is 83.5 Å². The lowest BCUT2D eigenvalue weighted by molar-refractivity contribution is 0.0178. The van der Waals surface area contributed by atoms with E-state index in [1.165, 1.54) is 23.5 Å². The molecule has 1 aliphatic heterocycles. The SMILES string of the molecule is CC(F)(F)c1cc(F)ccc1-c1sc2c(ccc3[nH]ncc32)c1OC1=CC=C(/C=C/CN2CC(CF)C2)CC1. The van der Waals surface area contributed by atoms with Crippen molar-refractivity contribution in [2.75, 3.05) is 26.3 Å². The van der Waals surface area contributed by atoms with E-state index in [9.17, 15) is 17.6 Å². The Labute approximate surface area is 227 Å². The molecule has 1 N–H and O–H groups in total. The molecule has 0 amide bonds. The number of aromatic amines is 1. The molecule has 2 aliphatic rings. The number of fused-ring (bicyclic) bond motifs is 3. The Balaban J connectivity index is 1.34. The van der Waals surface area contributed by atoms with Crippen LogP contribution in [0.3, 0.4) is 0 Å². The first kappa shape index (κ1) is 25.8. The van der Waals surface area contributed by atoms with Crippen LogP contribution in [0.2, 0.25) is 0 Å². The summed E-state index contributed by atoms with van der Waals surface area (Å²) in [5.74, 6) is -2.58. The van der Waals surface area contributed by atoms with E-state index in [1.54, 1.807) is 6.20 Å². The number of benzene rings is 2. The van der Waals surface area contributed by atoms with Crippen molar-refractivity contribution in [1.29, 1.82) is 0 Å². The molecule has 4 aromatic rings. The van der Waals surface area contributed by atoms with Crippen molar-refractivity contribution in [2.24, 2.45) is 5.92 Å². The van der Waals surface area contributed by atoms with Gasteiger partial charge in [0.05, 0.1) is 23.3 Å². The molecule has 4 nitrogen and oxygen atoms in total. The van der Waals surface area contributed by atoms with E-state index >= 15 is 0 Å². The van der Waals surface area contributed by atoms with Crippen LogP contribution in [0.15, 0.2) is 72.2 Å². The lowest BCUT2D eigenvalue weighted by Gasteiger charge is -2.36. The van der Waals surface area contributed by atoms with Crippen LogP contribution in [0.25, 0.3) is 31.4 Å². The molecule has 1 aliphatic carbocycles. The maximum atomic E-state index is 14.6. The molecule has 0 spiro atoms. The molecule has 9 heteroatoms. The van der Waals surface area contributed by atoms with Crippen molar-refractivity contribution >= 4 is 32.3 Å². The fourth-order valence-electron chi connectivity index (χ4n) is 5.17. The Morgan fingerprint density at radius 3 is 2.74 bits per heavy atom. The number of hydrogen-bond donors (Lipinski definition) is 1. The molecule has 3 heterocycles. The van der Waals surface area contributed by atoms with Gasteiger partial charge < -0.3 is 4.74 Å². The Morgan fingerprint density at radius 2 is 2.00 bits per heavy atom. The van der Waals surface area contributed by atoms with Crippen LogP contribution in [-0.2, 0) is 5.92 Å². The van der Waals surface area contributed by atoms with Crippen LogP contribution < -0.4 is 4.74 Å². The van der Waals surface area contributed by atoms with Crippen molar-refractivity contribution in [3.63, 3.8) is 0 Å². The number of alkyl halides is 3. The van der Waals surface area contributed by atoms with Crippen LogP contribution in [-0.4, -0.2) is 41.4 Å². The molecule has 0 unspecified atom stereocenters. The Hall–Kier alpha value is -3.43. The van der Waals surface area contributed by atoms with Crippen molar-refractivity contribution < 1.29 is 22.3 Å². The summed E-state index contributed by atoms with van der Waals surface area (Å²) in [6.45, 7) is 2.93. The fraction of sp³-hybridized carbons (Fsp3) is 0.300. The quantitative estimate of drug-likeness (QED) is 0.224. The van der Waals surface area contributed by atoms with Gasteiger partial charge in [-0.3, -0.25) is 14.4 Å². The van der Waals surface area contributed by atoms with Gasteiger partial charge in [0, 0.05) is 65.5 Å². The highest BCUT2D eigenvalue weighted by atomic mass is 32.1. The maximum Gasteiger partial charge on any atom is 0.271 e. The highest BCUT2D eigenvalue weighted by molar-refractivity contribution is 7.23. The average Bonchev–Trinajstić information content (AvgIpc) is 3.51. The van der Waals surface area contributed by atoms with E-state index in [1.807, 2.05) is 24.3 Å². The molecule has 0 saturated carbocycles. The van der Waals surface area contributed by atoms with E-state index in [-0.39, 0.29) is 23.7 Å². The van der Waals surface area contributed by atoms with Gasteiger partial charge in [0.2, 0.25) is 0 Å². The summed E-state index contributed by atoms with van der Waals surface area (Å²) in [4.78, 5) is 2.73. The highest BCUT2D eigenvalue weighted by Gasteiger charge is 2.31. The number of aromatic nitrogens is 2. The van der Waals surface area contributed by atoms with E-state index < -0.39 is 11.7 Å². The minimum Gasteiger partial charge on any atom is -0.460 e. The smallest absolute Gasteiger partial charge is 0.271 e. The second kappa shape index (κ2) is 10.3. The molecule has 0 bridgehead atoms. The second-order valence-electron chi connectivity index (χ2n) is 10.2. The molecular formula is C30H27F4N3OS. The fourth-order valence-corrected chi connectivity index (χ4v) is 6.45. The topological polar surface area (TPSA) is 41.1 Å². The third-order valence-corrected chi connectivity index (χ3v) is 8.51. The zero-order valence-electron chi connectivity index (χ0n) is 21.3. The summed E-state index contributed by atoms with van der Waals surface area (Å²) in [6.07, 6.45) is 11.2. The first-order valence-electron chi connectivity index (χ1n) is 12.9. The minimum absolute atomic E-state index is 0.173. The Bertz CT molecular complexity index is 1620. The maximum absolute atomic E-state index is 14.6. The zero-order chi connectivity index (χ0) is 27.1. The average molecular weight is 554 g/mol. The molecule has 0 radical (unpaired) electrons. The molecule has 39 heavy (non-hydrogen) atoms. The van der Waals surface area contributed by atoms with Crippen molar-refractivity contribution in [2.45, 2.75) is 25.7 Å². The zero-order valence-corrected chi connectivity index (χ0v) is 22.1. The molecule has 0 atom stereocenters. The molecule has 202 valence electrons. The van der Waals surface area contributed by atoms with Crippen LogP contribution in [0.4, 0.5) is 17.6 Å². The first-order chi connectivity index (χ1) is 18.8. The van der Waals surface area contributed by atoms with Gasteiger partial charge in [0.15, 0.2) is 5.75 Å². The first-order valence-corrected chi connectivity index (χ1v) is 13.7. The van der Waals surface area contributed by atoms with Gasteiger partial charge in [-0.2, -0.15) is 5.10 Å².